The lowest BCUT2D eigenvalue weighted by Gasteiger charge is -2.30. The second kappa shape index (κ2) is 10.1. The van der Waals surface area contributed by atoms with E-state index in [0.717, 1.165) is 48.8 Å². The molecule has 0 saturated heterocycles. The Hall–Kier alpha value is -3.68. The van der Waals surface area contributed by atoms with Gasteiger partial charge in [-0.2, -0.15) is 0 Å². The highest BCUT2D eigenvalue weighted by Crippen LogP contribution is 2.38. The van der Waals surface area contributed by atoms with Crippen LogP contribution in [-0.4, -0.2) is 32.5 Å². The first-order valence-corrected chi connectivity index (χ1v) is 12.3. The molecule has 36 heavy (non-hydrogen) atoms. The first kappa shape index (κ1) is 24.0. The summed E-state index contributed by atoms with van der Waals surface area (Å²) in [5.74, 6) is -0.776. The number of nitrogens with one attached hydrogen (secondary N) is 3. The zero-order valence-electron chi connectivity index (χ0n) is 20.6. The molecule has 2 heterocycles. The minimum atomic E-state index is -0.545. The van der Waals surface area contributed by atoms with Gasteiger partial charge >= 0.3 is 0 Å². The minimum Gasteiger partial charge on any atom is -0.365 e. The van der Waals surface area contributed by atoms with Crippen LogP contribution in [0.25, 0.3) is 17.0 Å². The number of benzene rings is 2. The molecule has 1 aliphatic rings. The van der Waals surface area contributed by atoms with Crippen molar-refractivity contribution in [2.75, 3.05) is 6.54 Å². The predicted molar refractivity (Wildman–Crippen MR) is 139 cm³/mol. The molecular formula is C29H31FN4O2. The summed E-state index contributed by atoms with van der Waals surface area (Å²) in [4.78, 5) is 20.5. The van der Waals surface area contributed by atoms with Gasteiger partial charge < -0.3 is 9.97 Å². The third kappa shape index (κ3) is 4.85. The van der Waals surface area contributed by atoms with Gasteiger partial charge in [-0.05, 0) is 90.8 Å². The summed E-state index contributed by atoms with van der Waals surface area (Å²) >= 11 is 0. The van der Waals surface area contributed by atoms with Crippen molar-refractivity contribution in [3.05, 3.63) is 99.8 Å². The molecule has 0 radical (unpaired) electrons. The van der Waals surface area contributed by atoms with Crippen LogP contribution in [0, 0.1) is 19.7 Å². The van der Waals surface area contributed by atoms with Gasteiger partial charge in [-0.1, -0.05) is 18.2 Å². The molecule has 1 aliphatic carbocycles. The van der Waals surface area contributed by atoms with Crippen molar-refractivity contribution in [3.63, 3.8) is 0 Å². The van der Waals surface area contributed by atoms with Crippen molar-refractivity contribution in [3.8, 4) is 0 Å². The monoisotopic (exact) mass is 486 g/mol. The SMILES string of the molecule is Cc1c[nH]c(C)c1CN(CCc1c[nH]c2cc(F)ccc12)C1CCc2cc(/C=C/C(=O)NO)ccc21. The number of carbonyl (C=O) groups is 1. The van der Waals surface area contributed by atoms with Gasteiger partial charge in [0.2, 0.25) is 0 Å². The standard InChI is InChI=1S/C29H31FN4O2/c1-18-15-31-19(2)26(18)17-34(12-11-22-16-32-27-14-23(30)6-8-24(22)27)28-9-5-21-13-20(3-7-25(21)28)4-10-29(35)33-36/h3-4,6-8,10,13-16,28,31-32,36H,5,9,11-12,17H2,1-2H3,(H,33,35)/b10-4+. The van der Waals surface area contributed by atoms with E-state index in [4.69, 9.17) is 5.21 Å². The van der Waals surface area contributed by atoms with Gasteiger partial charge in [0.05, 0.1) is 0 Å². The van der Waals surface area contributed by atoms with Crippen LogP contribution in [0.3, 0.4) is 0 Å². The summed E-state index contributed by atoms with van der Waals surface area (Å²) in [6.07, 6.45) is 9.97. The molecule has 5 rings (SSSR count). The number of aryl methyl sites for hydroxylation is 3. The maximum absolute atomic E-state index is 13.7. The van der Waals surface area contributed by atoms with Crippen molar-refractivity contribution in [2.24, 2.45) is 0 Å². The lowest BCUT2D eigenvalue weighted by Crippen LogP contribution is -2.29. The molecule has 0 bridgehead atoms. The molecule has 0 fully saturated rings. The van der Waals surface area contributed by atoms with Crippen LogP contribution in [0.5, 0.6) is 0 Å². The number of hydroxylamine groups is 1. The van der Waals surface area contributed by atoms with Gasteiger partial charge in [0.25, 0.3) is 5.91 Å². The summed E-state index contributed by atoms with van der Waals surface area (Å²) < 4.78 is 13.7. The topological polar surface area (TPSA) is 84.2 Å². The van der Waals surface area contributed by atoms with Crippen molar-refractivity contribution in [2.45, 2.75) is 45.7 Å². The number of H-pyrrole nitrogens is 2. The van der Waals surface area contributed by atoms with Crippen LogP contribution < -0.4 is 5.48 Å². The average Bonchev–Trinajstić information content (AvgIpc) is 3.57. The van der Waals surface area contributed by atoms with E-state index < -0.39 is 5.91 Å². The van der Waals surface area contributed by atoms with Crippen LogP contribution in [0.2, 0.25) is 0 Å². The van der Waals surface area contributed by atoms with Crippen LogP contribution in [0.1, 0.15) is 51.5 Å². The quantitative estimate of drug-likeness (QED) is 0.151. The smallest absolute Gasteiger partial charge is 0.267 e. The Morgan fingerprint density at radius 2 is 2.06 bits per heavy atom. The molecule has 4 N–H and O–H groups in total. The minimum absolute atomic E-state index is 0.232. The molecular weight excluding hydrogens is 455 g/mol. The Labute approximate surface area is 209 Å². The maximum Gasteiger partial charge on any atom is 0.267 e. The highest BCUT2D eigenvalue weighted by atomic mass is 19.1. The zero-order chi connectivity index (χ0) is 25.2. The zero-order valence-corrected chi connectivity index (χ0v) is 20.6. The number of fused-ring (bicyclic) bond motifs is 2. The number of aromatic amines is 2. The first-order chi connectivity index (χ1) is 17.4. The number of halogens is 1. The summed E-state index contributed by atoms with van der Waals surface area (Å²) in [6.45, 7) is 5.99. The third-order valence-electron chi connectivity index (χ3n) is 7.38. The van der Waals surface area contributed by atoms with Crippen molar-refractivity contribution in [1.82, 2.24) is 20.3 Å². The molecule has 6 nitrogen and oxygen atoms in total. The van der Waals surface area contributed by atoms with Gasteiger partial charge in [0.1, 0.15) is 5.82 Å². The van der Waals surface area contributed by atoms with Gasteiger partial charge in [0, 0.05) is 54.2 Å². The number of rotatable bonds is 8. The van der Waals surface area contributed by atoms with Crippen LogP contribution in [0.4, 0.5) is 4.39 Å². The Bertz CT molecular complexity index is 1420. The Balaban J connectivity index is 1.41. The summed E-state index contributed by atoms with van der Waals surface area (Å²) in [6, 6.07) is 11.5. The molecule has 0 spiro atoms. The molecule has 7 heteroatoms. The number of nitrogens with zero attached hydrogens (tertiary/aromatic N) is 1. The molecule has 186 valence electrons. The lowest BCUT2D eigenvalue weighted by molar-refractivity contribution is -0.124. The molecule has 0 saturated carbocycles. The molecule has 1 amide bonds. The average molecular weight is 487 g/mol. The van der Waals surface area contributed by atoms with E-state index in [0.29, 0.717) is 0 Å². The number of aromatic nitrogens is 2. The van der Waals surface area contributed by atoms with Crippen molar-refractivity contribution >= 4 is 22.9 Å². The number of hydrogen-bond donors (Lipinski definition) is 4. The van der Waals surface area contributed by atoms with E-state index in [1.807, 2.05) is 18.3 Å². The fourth-order valence-electron chi connectivity index (χ4n) is 5.41. The van der Waals surface area contributed by atoms with E-state index in [-0.39, 0.29) is 11.9 Å². The van der Waals surface area contributed by atoms with E-state index in [9.17, 15) is 9.18 Å². The van der Waals surface area contributed by atoms with Gasteiger partial charge in [0.15, 0.2) is 0 Å². The first-order valence-electron chi connectivity index (χ1n) is 12.3. The predicted octanol–water partition coefficient (Wildman–Crippen LogP) is 5.50. The molecule has 4 aromatic rings. The van der Waals surface area contributed by atoms with Gasteiger partial charge in [-0.25, -0.2) is 9.87 Å². The van der Waals surface area contributed by atoms with Crippen molar-refractivity contribution in [1.29, 1.82) is 0 Å². The van der Waals surface area contributed by atoms with Crippen LogP contribution >= 0.6 is 0 Å². The second-order valence-electron chi connectivity index (χ2n) is 9.62. The Morgan fingerprint density at radius 1 is 1.19 bits per heavy atom. The molecule has 0 aliphatic heterocycles. The highest BCUT2D eigenvalue weighted by molar-refractivity contribution is 5.90. The van der Waals surface area contributed by atoms with Crippen LogP contribution in [0.15, 0.2) is 54.9 Å². The summed E-state index contributed by atoms with van der Waals surface area (Å²) in [5, 5.41) is 9.79. The lowest BCUT2D eigenvalue weighted by atomic mass is 10.0. The number of carbonyl (C=O) groups excluding carboxylic acids is 1. The van der Waals surface area contributed by atoms with E-state index >= 15 is 0 Å². The molecule has 2 aromatic heterocycles. The summed E-state index contributed by atoms with van der Waals surface area (Å²) in [5.41, 5.74) is 11.0. The van der Waals surface area contributed by atoms with Crippen molar-refractivity contribution < 1.29 is 14.4 Å². The third-order valence-corrected chi connectivity index (χ3v) is 7.38. The van der Waals surface area contributed by atoms with E-state index in [1.165, 1.54) is 45.7 Å². The van der Waals surface area contributed by atoms with Gasteiger partial charge in [-0.15, -0.1) is 0 Å². The number of hydrogen-bond acceptors (Lipinski definition) is 3. The van der Waals surface area contributed by atoms with E-state index in [2.05, 4.69) is 47.0 Å². The van der Waals surface area contributed by atoms with Gasteiger partial charge in [-0.3, -0.25) is 14.9 Å². The summed E-state index contributed by atoms with van der Waals surface area (Å²) in [7, 11) is 0. The Kier molecular flexibility index (Phi) is 6.76. The number of amides is 1. The Morgan fingerprint density at radius 3 is 2.83 bits per heavy atom. The maximum atomic E-state index is 13.7. The highest BCUT2D eigenvalue weighted by Gasteiger charge is 2.29. The normalized spacial score (nSPS) is 15.3. The van der Waals surface area contributed by atoms with Crippen LogP contribution in [-0.2, 0) is 24.2 Å². The fourth-order valence-corrected chi connectivity index (χ4v) is 5.41. The second-order valence-corrected chi connectivity index (χ2v) is 9.62. The molecule has 1 unspecified atom stereocenters. The largest absolute Gasteiger partial charge is 0.365 e. The fraction of sp³-hybridized carbons (Fsp3) is 0.276. The van der Waals surface area contributed by atoms with E-state index in [1.54, 1.807) is 17.6 Å². The molecule has 2 aromatic carbocycles. The molecule has 1 atom stereocenters.